The smallest absolute Gasteiger partial charge is 0.279 e. The van der Waals surface area contributed by atoms with Gasteiger partial charge in [-0.25, -0.2) is 0 Å². The van der Waals surface area contributed by atoms with Crippen LogP contribution in [-0.2, 0) is 11.3 Å². The van der Waals surface area contributed by atoms with E-state index in [0.29, 0.717) is 30.1 Å². The van der Waals surface area contributed by atoms with Gasteiger partial charge >= 0.3 is 0 Å². The third kappa shape index (κ3) is 5.10. The van der Waals surface area contributed by atoms with E-state index in [2.05, 4.69) is 20.9 Å². The monoisotopic (exact) mass is 462 g/mol. The predicted molar refractivity (Wildman–Crippen MR) is 116 cm³/mol. The summed E-state index contributed by atoms with van der Waals surface area (Å²) < 4.78 is 15.2. The summed E-state index contributed by atoms with van der Waals surface area (Å²) in [5, 5.41) is 0. The Morgan fingerprint density at radius 3 is 2.64 bits per heavy atom. The standard InChI is InChI=1S/C21H23BrN2O3S/c1-4-26-12-11-24-18-10-7-16(22)13-19(18)28-21(24)23-20(25)15-5-8-17(9-6-15)27-14(2)3/h5-10,13-14H,4,11-12H2,1-3H3. The lowest BCUT2D eigenvalue weighted by Crippen LogP contribution is -2.19. The minimum absolute atomic E-state index is 0.0911. The van der Waals surface area contributed by atoms with Crippen molar-refractivity contribution in [2.24, 2.45) is 4.99 Å². The van der Waals surface area contributed by atoms with E-state index >= 15 is 0 Å². The zero-order valence-corrected chi connectivity index (χ0v) is 18.5. The molecule has 0 aliphatic heterocycles. The lowest BCUT2D eigenvalue weighted by atomic mass is 10.2. The first kappa shape index (κ1) is 20.8. The number of aromatic nitrogens is 1. The van der Waals surface area contributed by atoms with E-state index in [4.69, 9.17) is 9.47 Å². The lowest BCUT2D eigenvalue weighted by Gasteiger charge is -2.09. The molecule has 0 atom stereocenters. The van der Waals surface area contributed by atoms with E-state index in [-0.39, 0.29) is 12.0 Å². The van der Waals surface area contributed by atoms with Crippen molar-refractivity contribution in [3.05, 3.63) is 57.3 Å². The number of benzene rings is 2. The average Bonchev–Trinajstić information content (AvgIpc) is 2.98. The van der Waals surface area contributed by atoms with E-state index in [1.807, 2.05) is 43.5 Å². The number of carbonyl (C=O) groups excluding carboxylic acids is 1. The zero-order chi connectivity index (χ0) is 20.1. The second-order valence-electron chi connectivity index (χ2n) is 6.45. The largest absolute Gasteiger partial charge is 0.491 e. The number of nitrogens with zero attached hydrogens (tertiary/aromatic N) is 2. The van der Waals surface area contributed by atoms with Crippen molar-refractivity contribution < 1.29 is 14.3 Å². The molecule has 2 aromatic carbocycles. The Morgan fingerprint density at radius 2 is 1.96 bits per heavy atom. The van der Waals surface area contributed by atoms with Gasteiger partial charge in [0, 0.05) is 23.2 Å². The van der Waals surface area contributed by atoms with Crippen molar-refractivity contribution in [1.82, 2.24) is 4.57 Å². The molecule has 0 N–H and O–H groups in total. The van der Waals surface area contributed by atoms with Crippen molar-refractivity contribution in [2.45, 2.75) is 33.4 Å². The highest BCUT2D eigenvalue weighted by atomic mass is 79.9. The Balaban J connectivity index is 1.95. The quantitative estimate of drug-likeness (QED) is 0.462. The third-order valence-corrected chi connectivity index (χ3v) is 5.51. The maximum absolute atomic E-state index is 12.7. The summed E-state index contributed by atoms with van der Waals surface area (Å²) in [6, 6.07) is 13.2. The van der Waals surface area contributed by atoms with Gasteiger partial charge in [0.1, 0.15) is 5.75 Å². The van der Waals surface area contributed by atoms with Crippen molar-refractivity contribution >= 4 is 43.4 Å². The fraction of sp³-hybridized carbons (Fsp3) is 0.333. The molecule has 0 spiro atoms. The maximum atomic E-state index is 12.7. The first-order valence-corrected chi connectivity index (χ1v) is 10.8. The summed E-state index contributed by atoms with van der Waals surface area (Å²) in [4.78, 5) is 17.8. The fourth-order valence-corrected chi connectivity index (χ4v) is 4.35. The summed E-state index contributed by atoms with van der Waals surface area (Å²) in [6.45, 7) is 7.77. The molecule has 0 aliphatic carbocycles. The van der Waals surface area contributed by atoms with Gasteiger partial charge in [-0.15, -0.1) is 0 Å². The number of fused-ring (bicyclic) bond motifs is 1. The molecule has 1 aromatic heterocycles. The Bertz CT molecular complexity index is 1020. The first-order valence-electron chi connectivity index (χ1n) is 9.20. The number of hydrogen-bond donors (Lipinski definition) is 0. The summed E-state index contributed by atoms with van der Waals surface area (Å²) in [5.41, 5.74) is 1.58. The van der Waals surface area contributed by atoms with Gasteiger partial charge in [0.25, 0.3) is 5.91 Å². The molecular formula is C21H23BrN2O3S. The van der Waals surface area contributed by atoms with E-state index in [1.165, 1.54) is 11.3 Å². The van der Waals surface area contributed by atoms with Gasteiger partial charge in [-0.2, -0.15) is 4.99 Å². The Kier molecular flexibility index (Phi) is 7.04. The number of thiazole rings is 1. The fourth-order valence-electron chi connectivity index (χ4n) is 2.75. The van der Waals surface area contributed by atoms with Gasteiger partial charge in [0.2, 0.25) is 0 Å². The number of rotatable bonds is 7. The normalized spacial score (nSPS) is 12.1. The van der Waals surface area contributed by atoms with Crippen LogP contribution in [0.2, 0.25) is 0 Å². The zero-order valence-electron chi connectivity index (χ0n) is 16.1. The highest BCUT2D eigenvalue weighted by molar-refractivity contribution is 9.10. The molecule has 1 heterocycles. The Morgan fingerprint density at radius 1 is 1.21 bits per heavy atom. The summed E-state index contributed by atoms with van der Waals surface area (Å²) in [5.74, 6) is 0.469. The summed E-state index contributed by atoms with van der Waals surface area (Å²) >= 11 is 5.00. The Labute approximate surface area is 176 Å². The van der Waals surface area contributed by atoms with Crippen molar-refractivity contribution in [3.8, 4) is 5.75 Å². The van der Waals surface area contributed by atoms with Crippen LogP contribution < -0.4 is 9.54 Å². The topological polar surface area (TPSA) is 52.8 Å². The van der Waals surface area contributed by atoms with Gasteiger partial charge in [-0.1, -0.05) is 27.3 Å². The summed E-state index contributed by atoms with van der Waals surface area (Å²) in [6.07, 6.45) is 0.0911. The maximum Gasteiger partial charge on any atom is 0.279 e. The number of hydrogen-bond acceptors (Lipinski definition) is 4. The van der Waals surface area contributed by atoms with Gasteiger partial charge in [-0.3, -0.25) is 4.79 Å². The molecular weight excluding hydrogens is 440 g/mol. The number of ether oxygens (including phenoxy) is 2. The van der Waals surface area contributed by atoms with Crippen LogP contribution in [0, 0.1) is 0 Å². The predicted octanol–water partition coefficient (Wildman–Crippen LogP) is 5.03. The lowest BCUT2D eigenvalue weighted by molar-refractivity contribution is 0.0996. The van der Waals surface area contributed by atoms with Crippen LogP contribution in [0.1, 0.15) is 31.1 Å². The van der Waals surface area contributed by atoms with Crippen LogP contribution in [0.5, 0.6) is 5.75 Å². The van der Waals surface area contributed by atoms with Gasteiger partial charge in [0.15, 0.2) is 4.80 Å². The van der Waals surface area contributed by atoms with E-state index in [1.54, 1.807) is 24.3 Å². The highest BCUT2D eigenvalue weighted by Gasteiger charge is 2.10. The second-order valence-corrected chi connectivity index (χ2v) is 8.38. The molecule has 0 radical (unpaired) electrons. The van der Waals surface area contributed by atoms with Crippen LogP contribution >= 0.6 is 27.3 Å². The average molecular weight is 463 g/mol. The molecule has 148 valence electrons. The number of carbonyl (C=O) groups is 1. The molecule has 0 unspecified atom stereocenters. The van der Waals surface area contributed by atoms with Crippen molar-refractivity contribution in [3.63, 3.8) is 0 Å². The second kappa shape index (κ2) is 9.49. The Hall–Kier alpha value is -1.96. The molecule has 0 saturated carbocycles. The van der Waals surface area contributed by atoms with Crippen molar-refractivity contribution in [1.29, 1.82) is 0 Å². The minimum atomic E-state index is -0.271. The molecule has 7 heteroatoms. The molecule has 0 saturated heterocycles. The molecule has 0 aliphatic rings. The van der Waals surface area contributed by atoms with Crippen LogP contribution in [-0.4, -0.2) is 29.8 Å². The van der Waals surface area contributed by atoms with Crippen LogP contribution in [0.4, 0.5) is 0 Å². The van der Waals surface area contributed by atoms with Crippen LogP contribution in [0.3, 0.4) is 0 Å². The van der Waals surface area contributed by atoms with E-state index in [0.717, 1.165) is 20.4 Å². The SMILES string of the molecule is CCOCCn1c(=NC(=O)c2ccc(OC(C)C)cc2)sc2cc(Br)ccc21. The first-order chi connectivity index (χ1) is 13.5. The number of amides is 1. The third-order valence-electron chi connectivity index (χ3n) is 3.98. The van der Waals surface area contributed by atoms with Gasteiger partial charge < -0.3 is 14.0 Å². The molecule has 28 heavy (non-hydrogen) atoms. The van der Waals surface area contributed by atoms with Crippen molar-refractivity contribution in [2.75, 3.05) is 13.2 Å². The molecule has 0 bridgehead atoms. The number of halogens is 1. The molecule has 3 aromatic rings. The van der Waals surface area contributed by atoms with Gasteiger partial charge in [0.05, 0.1) is 22.9 Å². The molecule has 0 fully saturated rings. The van der Waals surface area contributed by atoms with E-state index < -0.39 is 0 Å². The van der Waals surface area contributed by atoms with Crippen LogP contribution in [0.15, 0.2) is 51.9 Å². The highest BCUT2D eigenvalue weighted by Crippen LogP contribution is 2.22. The summed E-state index contributed by atoms with van der Waals surface area (Å²) in [7, 11) is 0. The molecule has 5 nitrogen and oxygen atoms in total. The molecule has 1 amide bonds. The van der Waals surface area contributed by atoms with Gasteiger partial charge in [-0.05, 0) is 63.2 Å². The van der Waals surface area contributed by atoms with Crippen LogP contribution in [0.25, 0.3) is 10.2 Å². The molecule has 3 rings (SSSR count). The van der Waals surface area contributed by atoms with E-state index in [9.17, 15) is 4.79 Å². The minimum Gasteiger partial charge on any atom is -0.491 e.